The third-order valence-corrected chi connectivity index (χ3v) is 4.25. The molecule has 1 fully saturated rings. The van der Waals surface area contributed by atoms with E-state index in [9.17, 15) is 0 Å². The minimum Gasteiger partial charge on any atom is -0.375 e. The zero-order chi connectivity index (χ0) is 14.5. The van der Waals surface area contributed by atoms with E-state index in [1.54, 1.807) is 6.33 Å². The van der Waals surface area contributed by atoms with Crippen LogP contribution in [-0.4, -0.2) is 41.8 Å². The van der Waals surface area contributed by atoms with Gasteiger partial charge < -0.3 is 15.0 Å². The Balaban J connectivity index is 2.25. The molecule has 0 spiro atoms. The van der Waals surface area contributed by atoms with Crippen LogP contribution in [0, 0.1) is 0 Å². The van der Waals surface area contributed by atoms with Crippen LogP contribution in [0.5, 0.6) is 0 Å². The topological polar surface area (TPSA) is 50.3 Å². The molecule has 0 amide bonds. The molecular weight excluding hydrogens is 320 g/mol. The van der Waals surface area contributed by atoms with Gasteiger partial charge in [-0.1, -0.05) is 13.8 Å². The zero-order valence-corrected chi connectivity index (χ0v) is 14.0. The van der Waals surface area contributed by atoms with E-state index in [4.69, 9.17) is 4.74 Å². The Morgan fingerprint density at radius 1 is 1.45 bits per heavy atom. The molecule has 0 radical (unpaired) electrons. The number of rotatable bonds is 5. The predicted molar refractivity (Wildman–Crippen MR) is 85.4 cm³/mol. The number of halogens is 1. The largest absolute Gasteiger partial charge is 0.375 e. The number of hydrogen-bond donors (Lipinski definition) is 1. The average Bonchev–Trinajstić information content (AvgIpc) is 2.46. The molecule has 2 rings (SSSR count). The van der Waals surface area contributed by atoms with E-state index in [1.165, 1.54) is 0 Å². The maximum absolute atomic E-state index is 5.75. The lowest BCUT2D eigenvalue weighted by Gasteiger charge is -2.39. The van der Waals surface area contributed by atoms with Crippen LogP contribution in [-0.2, 0) is 4.74 Å². The molecule has 0 bridgehead atoms. The Morgan fingerprint density at radius 3 is 2.95 bits per heavy atom. The summed E-state index contributed by atoms with van der Waals surface area (Å²) in [6.45, 7) is 8.95. The lowest BCUT2D eigenvalue weighted by molar-refractivity contribution is 0.0295. The maximum atomic E-state index is 5.75. The van der Waals surface area contributed by atoms with Crippen LogP contribution in [0.1, 0.15) is 33.6 Å². The summed E-state index contributed by atoms with van der Waals surface area (Å²) in [5, 5.41) is 3.33. The monoisotopic (exact) mass is 342 g/mol. The van der Waals surface area contributed by atoms with E-state index >= 15 is 0 Å². The highest BCUT2D eigenvalue weighted by molar-refractivity contribution is 9.10. The molecule has 112 valence electrons. The fourth-order valence-corrected chi connectivity index (χ4v) is 2.94. The van der Waals surface area contributed by atoms with E-state index in [0.717, 1.165) is 48.6 Å². The number of anilines is 2. The van der Waals surface area contributed by atoms with Crippen molar-refractivity contribution in [1.82, 2.24) is 9.97 Å². The molecule has 0 aromatic carbocycles. The number of nitrogens with zero attached hydrogens (tertiary/aromatic N) is 3. The summed E-state index contributed by atoms with van der Waals surface area (Å²) < 4.78 is 6.70. The Hall–Kier alpha value is -0.880. The molecule has 6 heteroatoms. The van der Waals surface area contributed by atoms with Gasteiger partial charge in [-0.2, -0.15) is 0 Å². The number of morpholine rings is 1. The van der Waals surface area contributed by atoms with E-state index < -0.39 is 0 Å². The third-order valence-electron chi connectivity index (χ3n) is 3.52. The van der Waals surface area contributed by atoms with Crippen molar-refractivity contribution in [3.63, 3.8) is 0 Å². The summed E-state index contributed by atoms with van der Waals surface area (Å²) in [5.41, 5.74) is 0. The van der Waals surface area contributed by atoms with E-state index in [1.807, 2.05) is 0 Å². The molecule has 1 saturated heterocycles. The van der Waals surface area contributed by atoms with Crippen LogP contribution in [0.4, 0.5) is 11.6 Å². The predicted octanol–water partition coefficient (Wildman–Crippen LogP) is 3.06. The first-order valence-corrected chi connectivity index (χ1v) is 8.09. The molecule has 2 unspecified atom stereocenters. The van der Waals surface area contributed by atoms with Crippen molar-refractivity contribution >= 4 is 27.6 Å². The lowest BCUT2D eigenvalue weighted by Crippen LogP contribution is -2.49. The number of hydrogen-bond acceptors (Lipinski definition) is 5. The highest BCUT2D eigenvalue weighted by atomic mass is 79.9. The molecule has 0 aliphatic carbocycles. The van der Waals surface area contributed by atoms with Gasteiger partial charge in [-0.05, 0) is 35.7 Å². The Morgan fingerprint density at radius 2 is 2.25 bits per heavy atom. The van der Waals surface area contributed by atoms with Crippen LogP contribution >= 0.6 is 15.9 Å². The fourth-order valence-electron chi connectivity index (χ4n) is 2.37. The minimum atomic E-state index is 0.228. The molecule has 1 aliphatic heterocycles. The van der Waals surface area contributed by atoms with Gasteiger partial charge in [-0.15, -0.1) is 0 Å². The van der Waals surface area contributed by atoms with Crippen LogP contribution in [0.3, 0.4) is 0 Å². The Labute approximate surface area is 129 Å². The number of aromatic nitrogens is 2. The first kappa shape index (κ1) is 15.5. The van der Waals surface area contributed by atoms with Crippen molar-refractivity contribution < 1.29 is 4.74 Å². The molecule has 2 heterocycles. The van der Waals surface area contributed by atoms with Gasteiger partial charge in [0.05, 0.1) is 18.8 Å². The standard InChI is InChI=1S/C14H23BrN4O/c1-4-6-16-13-12(15)14(18-9-17-13)19-7-10(3)20-8-11(19)5-2/h9-11H,4-8H2,1-3H3,(H,16,17,18). The second-order valence-electron chi connectivity index (χ2n) is 5.15. The van der Waals surface area contributed by atoms with E-state index in [-0.39, 0.29) is 6.10 Å². The van der Waals surface area contributed by atoms with Crippen LogP contribution in [0.25, 0.3) is 0 Å². The van der Waals surface area contributed by atoms with Crippen LogP contribution in [0.2, 0.25) is 0 Å². The van der Waals surface area contributed by atoms with Crippen molar-refractivity contribution in [1.29, 1.82) is 0 Å². The molecule has 2 atom stereocenters. The molecular formula is C14H23BrN4O. The lowest BCUT2D eigenvalue weighted by atomic mass is 10.1. The summed E-state index contributed by atoms with van der Waals surface area (Å²) in [7, 11) is 0. The van der Waals surface area contributed by atoms with E-state index in [2.05, 4.69) is 56.9 Å². The first-order valence-electron chi connectivity index (χ1n) is 7.29. The second-order valence-corrected chi connectivity index (χ2v) is 5.94. The molecule has 1 aromatic heterocycles. The number of nitrogens with one attached hydrogen (secondary N) is 1. The van der Waals surface area contributed by atoms with Gasteiger partial charge in [0.15, 0.2) is 0 Å². The van der Waals surface area contributed by atoms with Gasteiger partial charge in [0.2, 0.25) is 0 Å². The van der Waals surface area contributed by atoms with Crippen LogP contribution in [0.15, 0.2) is 10.8 Å². The van der Waals surface area contributed by atoms with Gasteiger partial charge in [-0.3, -0.25) is 0 Å². The molecule has 0 saturated carbocycles. The zero-order valence-electron chi connectivity index (χ0n) is 12.4. The summed E-state index contributed by atoms with van der Waals surface area (Å²) in [5.74, 6) is 1.83. The normalized spacial score (nSPS) is 22.9. The molecule has 1 aliphatic rings. The Kier molecular flexibility index (Phi) is 5.60. The highest BCUT2D eigenvalue weighted by Crippen LogP contribution is 2.32. The summed E-state index contributed by atoms with van der Waals surface area (Å²) in [6.07, 6.45) is 3.97. The van der Waals surface area contributed by atoms with Crippen molar-refractivity contribution in [3.8, 4) is 0 Å². The smallest absolute Gasteiger partial charge is 0.148 e. The Bertz CT molecular complexity index is 443. The van der Waals surface area contributed by atoms with E-state index in [0.29, 0.717) is 6.04 Å². The fraction of sp³-hybridized carbons (Fsp3) is 0.714. The SMILES string of the molecule is CCCNc1ncnc(N2CC(C)OCC2CC)c1Br. The third kappa shape index (κ3) is 3.41. The van der Waals surface area contributed by atoms with Gasteiger partial charge in [-0.25, -0.2) is 9.97 Å². The minimum absolute atomic E-state index is 0.228. The first-order chi connectivity index (χ1) is 9.67. The second kappa shape index (κ2) is 7.22. The van der Waals surface area contributed by atoms with Crippen LogP contribution < -0.4 is 10.2 Å². The molecule has 20 heavy (non-hydrogen) atoms. The summed E-state index contributed by atoms with van der Waals surface area (Å²) in [6, 6.07) is 0.372. The average molecular weight is 343 g/mol. The van der Waals surface area contributed by atoms with Crippen molar-refractivity contribution in [3.05, 3.63) is 10.8 Å². The van der Waals surface area contributed by atoms with Crippen molar-refractivity contribution in [2.24, 2.45) is 0 Å². The van der Waals surface area contributed by atoms with Gasteiger partial charge in [0, 0.05) is 13.1 Å². The summed E-state index contributed by atoms with van der Waals surface area (Å²) >= 11 is 3.65. The van der Waals surface area contributed by atoms with Gasteiger partial charge in [0.25, 0.3) is 0 Å². The van der Waals surface area contributed by atoms with Gasteiger partial charge in [0.1, 0.15) is 22.4 Å². The molecule has 1 aromatic rings. The van der Waals surface area contributed by atoms with Crippen molar-refractivity contribution in [2.45, 2.75) is 45.8 Å². The quantitative estimate of drug-likeness (QED) is 0.891. The molecule has 5 nitrogen and oxygen atoms in total. The summed E-state index contributed by atoms with van der Waals surface area (Å²) in [4.78, 5) is 11.1. The molecule has 1 N–H and O–H groups in total. The van der Waals surface area contributed by atoms with Crippen molar-refractivity contribution in [2.75, 3.05) is 29.9 Å². The highest BCUT2D eigenvalue weighted by Gasteiger charge is 2.28. The van der Waals surface area contributed by atoms with Gasteiger partial charge >= 0.3 is 0 Å². The number of ether oxygens (including phenoxy) is 1. The maximum Gasteiger partial charge on any atom is 0.148 e.